The van der Waals surface area contributed by atoms with Gasteiger partial charge in [0.15, 0.2) is 0 Å². The van der Waals surface area contributed by atoms with Crippen molar-refractivity contribution in [3.63, 3.8) is 0 Å². The molecule has 0 saturated carbocycles. The largest absolute Gasteiger partial charge is 0.392 e. The maximum atomic E-state index is 9.76. The van der Waals surface area contributed by atoms with Crippen LogP contribution in [0, 0.1) is 0 Å². The molecule has 78 valence electrons. The number of aliphatic hydroxyl groups excluding tert-OH is 1. The molecule has 0 aliphatic carbocycles. The molecular weight excluding hydrogens is 162 g/mol. The zero-order valence-electron chi connectivity index (χ0n) is 9.16. The molecule has 1 aliphatic heterocycles. The second-order valence-electron chi connectivity index (χ2n) is 4.16. The molecular formula is C11H23NO. The number of hydrogen-bond acceptors (Lipinski definition) is 2. The van der Waals surface area contributed by atoms with Crippen molar-refractivity contribution in [3.05, 3.63) is 0 Å². The number of rotatable bonds is 4. The summed E-state index contributed by atoms with van der Waals surface area (Å²) in [6.45, 7) is 7.63. The third-order valence-corrected chi connectivity index (χ3v) is 3.39. The fraction of sp³-hybridized carbons (Fsp3) is 1.00. The minimum absolute atomic E-state index is 0.146. The van der Waals surface area contributed by atoms with E-state index in [0.717, 1.165) is 12.5 Å². The predicted octanol–water partition coefficient (Wildman–Crippen LogP) is 2.02. The van der Waals surface area contributed by atoms with E-state index >= 15 is 0 Å². The Morgan fingerprint density at radius 2 is 2.15 bits per heavy atom. The molecule has 1 rings (SSSR count). The summed E-state index contributed by atoms with van der Waals surface area (Å²) in [6, 6.07) is 1.06. The first-order valence-electron chi connectivity index (χ1n) is 5.64. The molecule has 13 heavy (non-hydrogen) atoms. The Hall–Kier alpha value is -0.0800. The molecule has 1 heterocycles. The quantitative estimate of drug-likeness (QED) is 0.724. The number of likely N-dealkylation sites (tertiary alicyclic amines) is 1. The molecule has 1 fully saturated rings. The van der Waals surface area contributed by atoms with Crippen molar-refractivity contribution >= 4 is 0 Å². The number of nitrogens with zero attached hydrogens (tertiary/aromatic N) is 1. The second-order valence-corrected chi connectivity index (χ2v) is 4.16. The lowest BCUT2D eigenvalue weighted by Crippen LogP contribution is -2.43. The molecule has 0 aromatic carbocycles. The molecule has 0 aromatic heterocycles. The molecule has 2 nitrogen and oxygen atoms in total. The van der Waals surface area contributed by atoms with Gasteiger partial charge in [0, 0.05) is 12.1 Å². The molecule has 0 radical (unpaired) electrons. The van der Waals surface area contributed by atoms with E-state index in [4.69, 9.17) is 0 Å². The molecule has 1 aliphatic rings. The maximum absolute atomic E-state index is 9.76. The minimum atomic E-state index is -0.146. The van der Waals surface area contributed by atoms with E-state index in [0.29, 0.717) is 6.04 Å². The highest BCUT2D eigenvalue weighted by atomic mass is 16.3. The van der Waals surface area contributed by atoms with E-state index in [1.165, 1.54) is 25.8 Å². The molecule has 1 N–H and O–H groups in total. The van der Waals surface area contributed by atoms with Crippen LogP contribution in [-0.4, -0.2) is 34.7 Å². The van der Waals surface area contributed by atoms with Gasteiger partial charge in [0.25, 0.3) is 0 Å². The van der Waals surface area contributed by atoms with Crippen molar-refractivity contribution in [1.29, 1.82) is 0 Å². The lowest BCUT2D eigenvalue weighted by molar-refractivity contribution is 0.0481. The van der Waals surface area contributed by atoms with Gasteiger partial charge in [-0.2, -0.15) is 0 Å². The van der Waals surface area contributed by atoms with Crippen molar-refractivity contribution in [1.82, 2.24) is 4.90 Å². The van der Waals surface area contributed by atoms with Crippen molar-refractivity contribution < 1.29 is 5.11 Å². The molecule has 2 heteroatoms. The molecule has 3 unspecified atom stereocenters. The van der Waals surface area contributed by atoms with Crippen LogP contribution in [0.5, 0.6) is 0 Å². The predicted molar refractivity (Wildman–Crippen MR) is 55.8 cm³/mol. The molecule has 0 aromatic rings. The Morgan fingerprint density at radius 3 is 2.69 bits per heavy atom. The van der Waals surface area contributed by atoms with E-state index in [1.54, 1.807) is 0 Å². The number of aliphatic hydroxyl groups is 1. The van der Waals surface area contributed by atoms with Crippen LogP contribution in [0.3, 0.4) is 0 Å². The standard InChI is InChI=1S/C11H23NO/c1-4-10-7-6-8-12(10)9(3)11(13)5-2/h9-11,13H,4-8H2,1-3H3. The Balaban J connectivity index is 2.49. The van der Waals surface area contributed by atoms with Crippen LogP contribution in [0.2, 0.25) is 0 Å². The van der Waals surface area contributed by atoms with Gasteiger partial charge in [-0.1, -0.05) is 13.8 Å². The van der Waals surface area contributed by atoms with Gasteiger partial charge in [-0.05, 0) is 39.2 Å². The van der Waals surface area contributed by atoms with Gasteiger partial charge in [0.1, 0.15) is 0 Å². The summed E-state index contributed by atoms with van der Waals surface area (Å²) in [7, 11) is 0. The highest BCUT2D eigenvalue weighted by molar-refractivity contribution is 4.84. The fourth-order valence-electron chi connectivity index (χ4n) is 2.39. The van der Waals surface area contributed by atoms with Crippen LogP contribution in [-0.2, 0) is 0 Å². The summed E-state index contributed by atoms with van der Waals surface area (Å²) < 4.78 is 0. The summed E-state index contributed by atoms with van der Waals surface area (Å²) in [5.41, 5.74) is 0. The third-order valence-electron chi connectivity index (χ3n) is 3.39. The van der Waals surface area contributed by atoms with Gasteiger partial charge < -0.3 is 5.11 Å². The zero-order chi connectivity index (χ0) is 9.84. The molecule has 3 atom stereocenters. The first-order valence-corrected chi connectivity index (χ1v) is 5.64. The summed E-state index contributed by atoms with van der Waals surface area (Å²) in [6.07, 6.45) is 4.57. The highest BCUT2D eigenvalue weighted by Crippen LogP contribution is 2.24. The van der Waals surface area contributed by atoms with Crippen LogP contribution in [0.4, 0.5) is 0 Å². The van der Waals surface area contributed by atoms with E-state index < -0.39 is 0 Å². The monoisotopic (exact) mass is 185 g/mol. The SMILES string of the molecule is CCC(O)C(C)N1CCCC1CC. The second kappa shape index (κ2) is 4.97. The lowest BCUT2D eigenvalue weighted by Gasteiger charge is -2.32. The summed E-state index contributed by atoms with van der Waals surface area (Å²) in [5.74, 6) is 0. The Kier molecular flexibility index (Phi) is 4.20. The van der Waals surface area contributed by atoms with E-state index in [2.05, 4.69) is 25.7 Å². The Bertz CT molecular complexity index is 149. The summed E-state index contributed by atoms with van der Waals surface area (Å²) in [5, 5.41) is 9.76. The third kappa shape index (κ3) is 2.44. The lowest BCUT2D eigenvalue weighted by atomic mass is 10.1. The topological polar surface area (TPSA) is 23.5 Å². The summed E-state index contributed by atoms with van der Waals surface area (Å²) in [4.78, 5) is 2.48. The first kappa shape index (κ1) is 11.0. The van der Waals surface area contributed by atoms with Crippen LogP contribution in [0.1, 0.15) is 46.5 Å². The summed E-state index contributed by atoms with van der Waals surface area (Å²) >= 11 is 0. The van der Waals surface area contributed by atoms with Crippen LogP contribution >= 0.6 is 0 Å². The van der Waals surface area contributed by atoms with Crippen LogP contribution in [0.15, 0.2) is 0 Å². The van der Waals surface area contributed by atoms with Crippen molar-refractivity contribution in [3.8, 4) is 0 Å². The van der Waals surface area contributed by atoms with Crippen molar-refractivity contribution in [2.24, 2.45) is 0 Å². The van der Waals surface area contributed by atoms with Gasteiger partial charge in [0.05, 0.1) is 6.10 Å². The molecule has 0 amide bonds. The Labute approximate surface area is 81.9 Å². The van der Waals surface area contributed by atoms with Crippen LogP contribution in [0.25, 0.3) is 0 Å². The maximum Gasteiger partial charge on any atom is 0.0690 e. The minimum Gasteiger partial charge on any atom is -0.392 e. The van der Waals surface area contributed by atoms with Crippen molar-refractivity contribution in [2.45, 2.75) is 64.6 Å². The molecule has 0 bridgehead atoms. The van der Waals surface area contributed by atoms with Gasteiger partial charge in [-0.15, -0.1) is 0 Å². The van der Waals surface area contributed by atoms with E-state index in [1.807, 2.05) is 0 Å². The average molecular weight is 185 g/mol. The molecule has 0 spiro atoms. The smallest absolute Gasteiger partial charge is 0.0690 e. The Morgan fingerprint density at radius 1 is 1.46 bits per heavy atom. The van der Waals surface area contributed by atoms with Gasteiger partial charge >= 0.3 is 0 Å². The van der Waals surface area contributed by atoms with Gasteiger partial charge in [0.2, 0.25) is 0 Å². The van der Waals surface area contributed by atoms with Crippen molar-refractivity contribution in [2.75, 3.05) is 6.54 Å². The van der Waals surface area contributed by atoms with E-state index in [9.17, 15) is 5.11 Å². The normalized spacial score (nSPS) is 29.1. The molecule has 1 saturated heterocycles. The number of hydrogen-bond donors (Lipinski definition) is 1. The average Bonchev–Trinajstić information content (AvgIpc) is 2.62. The first-order chi connectivity index (χ1) is 6.20. The highest BCUT2D eigenvalue weighted by Gasteiger charge is 2.29. The van der Waals surface area contributed by atoms with Crippen LogP contribution < -0.4 is 0 Å². The van der Waals surface area contributed by atoms with E-state index in [-0.39, 0.29) is 6.10 Å². The fourth-order valence-corrected chi connectivity index (χ4v) is 2.39. The zero-order valence-corrected chi connectivity index (χ0v) is 9.16. The van der Waals surface area contributed by atoms with Gasteiger partial charge in [-0.3, -0.25) is 4.90 Å². The van der Waals surface area contributed by atoms with Gasteiger partial charge in [-0.25, -0.2) is 0 Å².